The number of ether oxygens (including phenoxy) is 2. The molecule has 2 N–H and O–H groups in total. The van der Waals surface area contributed by atoms with E-state index >= 15 is 0 Å². The largest absolute Gasteiger partial charge is 0.462 e. The molecule has 1 aromatic carbocycles. The Kier molecular flexibility index (Phi) is 8.96. The van der Waals surface area contributed by atoms with E-state index in [-0.39, 0.29) is 6.42 Å². The number of unbranched alkanes of at least 4 members (excludes halogenated alkanes) is 1. The van der Waals surface area contributed by atoms with Gasteiger partial charge < -0.3 is 20.1 Å². The molecule has 8 nitrogen and oxygen atoms in total. The highest BCUT2D eigenvalue weighted by molar-refractivity contribution is 5.97. The predicted molar refractivity (Wildman–Crippen MR) is 104 cm³/mol. The molecule has 1 aromatic rings. The highest BCUT2D eigenvalue weighted by Gasteiger charge is 2.24. The molecule has 0 saturated carbocycles. The van der Waals surface area contributed by atoms with Crippen LogP contribution in [-0.4, -0.2) is 36.2 Å². The Morgan fingerprint density at radius 2 is 1.82 bits per heavy atom. The summed E-state index contributed by atoms with van der Waals surface area (Å²) in [6.45, 7) is 7.45. The van der Waals surface area contributed by atoms with E-state index in [0.29, 0.717) is 17.9 Å². The lowest BCUT2D eigenvalue weighted by Gasteiger charge is -2.22. The fraction of sp³-hybridized carbons (Fsp3) is 0.500. The van der Waals surface area contributed by atoms with Crippen molar-refractivity contribution in [3.05, 3.63) is 29.8 Å². The first-order valence-electron chi connectivity index (χ1n) is 9.10. The van der Waals surface area contributed by atoms with Crippen LogP contribution in [0.3, 0.4) is 0 Å². The fourth-order valence-corrected chi connectivity index (χ4v) is 2.06. The Hall–Kier alpha value is -3.08. The number of nitrogens with one attached hydrogen (secondary N) is 2. The molecule has 0 fully saturated rings. The smallest absolute Gasteiger partial charge is 0.408 e. The molecule has 0 heterocycles. The lowest BCUT2D eigenvalue weighted by atomic mass is 10.1. The molecule has 0 saturated heterocycles. The van der Waals surface area contributed by atoms with Crippen molar-refractivity contribution in [2.24, 2.45) is 0 Å². The number of nitriles is 1. The van der Waals surface area contributed by atoms with Crippen molar-refractivity contribution < 1.29 is 23.9 Å². The van der Waals surface area contributed by atoms with Crippen molar-refractivity contribution in [2.75, 3.05) is 11.9 Å². The first-order chi connectivity index (χ1) is 13.2. The summed E-state index contributed by atoms with van der Waals surface area (Å²) in [6.07, 6.45) is 0.727. The van der Waals surface area contributed by atoms with Crippen LogP contribution < -0.4 is 10.6 Å². The first kappa shape index (κ1) is 23.0. The molecule has 1 atom stereocenters. The quantitative estimate of drug-likeness (QED) is 0.520. The molecule has 28 heavy (non-hydrogen) atoms. The molecule has 1 unspecified atom stereocenters. The molecule has 0 aliphatic carbocycles. The Bertz CT molecular complexity index is 717. The standard InChI is InChI=1S/C20H27N3O5/c1-5-6-13-27-18(25)14-7-9-15(10-8-14)22-17(24)16(11-12-21)23-19(26)28-20(2,3)4/h7-10,16H,5-6,11,13H2,1-4H3,(H,22,24)(H,23,26). The molecule has 8 heteroatoms. The van der Waals surface area contributed by atoms with Gasteiger partial charge >= 0.3 is 12.1 Å². The van der Waals surface area contributed by atoms with Crippen LogP contribution in [0.15, 0.2) is 24.3 Å². The molecule has 0 aliphatic rings. The van der Waals surface area contributed by atoms with Gasteiger partial charge in [-0.15, -0.1) is 0 Å². The van der Waals surface area contributed by atoms with Gasteiger partial charge in [0.05, 0.1) is 24.7 Å². The van der Waals surface area contributed by atoms with Crippen molar-refractivity contribution in [1.82, 2.24) is 5.32 Å². The van der Waals surface area contributed by atoms with Gasteiger partial charge in [0.2, 0.25) is 5.91 Å². The number of alkyl carbamates (subject to hydrolysis) is 1. The number of benzene rings is 1. The number of esters is 1. The van der Waals surface area contributed by atoms with E-state index in [1.54, 1.807) is 32.9 Å². The normalized spacial score (nSPS) is 11.7. The van der Waals surface area contributed by atoms with Gasteiger partial charge in [0.25, 0.3) is 0 Å². The maximum absolute atomic E-state index is 12.4. The van der Waals surface area contributed by atoms with E-state index in [1.807, 2.05) is 13.0 Å². The van der Waals surface area contributed by atoms with Gasteiger partial charge in [0.15, 0.2) is 0 Å². The van der Waals surface area contributed by atoms with E-state index in [9.17, 15) is 14.4 Å². The minimum absolute atomic E-state index is 0.215. The minimum atomic E-state index is -1.07. The lowest BCUT2D eigenvalue weighted by Crippen LogP contribution is -2.45. The highest BCUT2D eigenvalue weighted by atomic mass is 16.6. The second-order valence-electron chi connectivity index (χ2n) is 7.12. The summed E-state index contributed by atoms with van der Waals surface area (Å²) in [4.78, 5) is 36.1. The number of hydrogen-bond acceptors (Lipinski definition) is 6. The topological polar surface area (TPSA) is 118 Å². The van der Waals surface area contributed by atoms with Gasteiger partial charge in [-0.1, -0.05) is 13.3 Å². The number of hydrogen-bond donors (Lipinski definition) is 2. The zero-order chi connectivity index (χ0) is 21.2. The van der Waals surface area contributed by atoms with Crippen molar-refractivity contribution in [3.8, 4) is 6.07 Å². The van der Waals surface area contributed by atoms with Gasteiger partial charge in [-0.2, -0.15) is 5.26 Å². The number of nitrogens with zero attached hydrogens (tertiary/aromatic N) is 1. The second kappa shape index (κ2) is 10.9. The SMILES string of the molecule is CCCCOC(=O)c1ccc(NC(=O)C(CC#N)NC(=O)OC(C)(C)C)cc1. The molecule has 0 bridgehead atoms. The summed E-state index contributed by atoms with van der Waals surface area (Å²) in [5.41, 5.74) is 0.0675. The monoisotopic (exact) mass is 389 g/mol. The van der Waals surface area contributed by atoms with Crippen LogP contribution in [0.1, 0.15) is 57.3 Å². The Morgan fingerprint density at radius 1 is 1.18 bits per heavy atom. The van der Waals surface area contributed by atoms with E-state index in [2.05, 4.69) is 10.6 Å². The van der Waals surface area contributed by atoms with Crippen LogP contribution in [0, 0.1) is 11.3 Å². The van der Waals surface area contributed by atoms with Gasteiger partial charge in [-0.3, -0.25) is 4.79 Å². The third-order valence-electron chi connectivity index (χ3n) is 3.42. The van der Waals surface area contributed by atoms with E-state index in [1.165, 1.54) is 12.1 Å². The second-order valence-corrected chi connectivity index (χ2v) is 7.12. The minimum Gasteiger partial charge on any atom is -0.462 e. The van der Waals surface area contributed by atoms with Crippen LogP contribution in [0.5, 0.6) is 0 Å². The Labute approximate surface area is 165 Å². The molecule has 2 amide bonds. The molecule has 152 valence electrons. The summed E-state index contributed by atoms with van der Waals surface area (Å²) in [5.74, 6) is -0.994. The van der Waals surface area contributed by atoms with Crippen LogP contribution in [0.25, 0.3) is 0 Å². The lowest BCUT2D eigenvalue weighted by molar-refractivity contribution is -0.118. The van der Waals surface area contributed by atoms with E-state index in [4.69, 9.17) is 14.7 Å². The van der Waals surface area contributed by atoms with Crippen molar-refractivity contribution in [1.29, 1.82) is 5.26 Å². The average Bonchev–Trinajstić information content (AvgIpc) is 2.60. The molecule has 0 radical (unpaired) electrons. The van der Waals surface area contributed by atoms with Gasteiger partial charge in [-0.25, -0.2) is 9.59 Å². The Balaban J connectivity index is 2.68. The molecule has 0 spiro atoms. The summed E-state index contributed by atoms with van der Waals surface area (Å²) in [6, 6.07) is 6.95. The maximum Gasteiger partial charge on any atom is 0.408 e. The summed E-state index contributed by atoms with van der Waals surface area (Å²) in [7, 11) is 0. The molecule has 0 aromatic heterocycles. The summed E-state index contributed by atoms with van der Waals surface area (Å²) in [5, 5.41) is 13.9. The number of anilines is 1. The molecule has 1 rings (SSSR count). The van der Waals surface area contributed by atoms with Crippen LogP contribution >= 0.6 is 0 Å². The van der Waals surface area contributed by atoms with Gasteiger partial charge in [0.1, 0.15) is 11.6 Å². The molecular formula is C20H27N3O5. The third-order valence-corrected chi connectivity index (χ3v) is 3.42. The maximum atomic E-state index is 12.4. The van der Waals surface area contributed by atoms with E-state index < -0.39 is 29.6 Å². The van der Waals surface area contributed by atoms with Crippen LogP contribution in [0.2, 0.25) is 0 Å². The summed E-state index contributed by atoms with van der Waals surface area (Å²) < 4.78 is 10.2. The highest BCUT2D eigenvalue weighted by Crippen LogP contribution is 2.12. The first-order valence-corrected chi connectivity index (χ1v) is 9.10. The molecular weight excluding hydrogens is 362 g/mol. The zero-order valence-electron chi connectivity index (χ0n) is 16.7. The van der Waals surface area contributed by atoms with Crippen molar-refractivity contribution >= 4 is 23.7 Å². The van der Waals surface area contributed by atoms with Gasteiger partial charge in [-0.05, 0) is 51.5 Å². The van der Waals surface area contributed by atoms with E-state index in [0.717, 1.165) is 12.8 Å². The number of rotatable bonds is 8. The third kappa shape index (κ3) is 8.54. The molecule has 0 aliphatic heterocycles. The van der Waals surface area contributed by atoms with Crippen LogP contribution in [-0.2, 0) is 14.3 Å². The zero-order valence-corrected chi connectivity index (χ0v) is 16.7. The predicted octanol–water partition coefficient (Wildman–Crippen LogP) is 3.39. The number of carbonyl (C=O) groups is 3. The summed E-state index contributed by atoms with van der Waals surface area (Å²) >= 11 is 0. The average molecular weight is 389 g/mol. The van der Waals surface area contributed by atoms with Gasteiger partial charge in [0, 0.05) is 5.69 Å². The van der Waals surface area contributed by atoms with Crippen LogP contribution in [0.4, 0.5) is 10.5 Å². The Morgan fingerprint density at radius 3 is 2.36 bits per heavy atom. The van der Waals surface area contributed by atoms with Crippen molar-refractivity contribution in [3.63, 3.8) is 0 Å². The fourth-order valence-electron chi connectivity index (χ4n) is 2.06. The number of carbonyl (C=O) groups excluding carboxylic acids is 3. The van der Waals surface area contributed by atoms with Crippen molar-refractivity contribution in [2.45, 2.75) is 58.6 Å². The number of amides is 2.